The molecule has 1 aliphatic carbocycles. The van der Waals surface area contributed by atoms with Gasteiger partial charge in [-0.25, -0.2) is 13.1 Å². The van der Waals surface area contributed by atoms with Crippen molar-refractivity contribution in [2.45, 2.75) is 49.8 Å². The number of rotatable bonds is 8. The van der Waals surface area contributed by atoms with Crippen LogP contribution in [0.3, 0.4) is 0 Å². The molecule has 0 bridgehead atoms. The molecule has 2 aliphatic rings. The van der Waals surface area contributed by atoms with Gasteiger partial charge in [-0.05, 0) is 79.8 Å². The summed E-state index contributed by atoms with van der Waals surface area (Å²) in [5.74, 6) is 1.31. The lowest BCUT2D eigenvalue weighted by atomic mass is 9.92. The average molecular weight is 457 g/mol. The van der Waals surface area contributed by atoms with E-state index in [9.17, 15) is 13.2 Å². The van der Waals surface area contributed by atoms with Gasteiger partial charge >= 0.3 is 0 Å². The monoisotopic (exact) mass is 456 g/mol. The van der Waals surface area contributed by atoms with Crippen molar-refractivity contribution in [3.63, 3.8) is 0 Å². The van der Waals surface area contributed by atoms with E-state index in [0.29, 0.717) is 30.5 Å². The number of nitrogens with zero attached hydrogens (tertiary/aromatic N) is 1. The molecule has 1 fully saturated rings. The first kappa shape index (κ1) is 22.8. The van der Waals surface area contributed by atoms with Gasteiger partial charge in [0.15, 0.2) is 0 Å². The zero-order valence-electron chi connectivity index (χ0n) is 18.5. The summed E-state index contributed by atoms with van der Waals surface area (Å²) in [7, 11) is -3.60. The van der Waals surface area contributed by atoms with E-state index in [0.717, 1.165) is 49.8 Å². The molecule has 4 rings (SSSR count). The SMILES string of the molecule is O=C(CCNS(=O)(=O)c1ccc2c(c1)CCCC2)N1CCC(COc2ccccc2)CC1. The summed E-state index contributed by atoms with van der Waals surface area (Å²) >= 11 is 0. The van der Waals surface area contributed by atoms with Crippen molar-refractivity contribution in [2.75, 3.05) is 26.2 Å². The van der Waals surface area contributed by atoms with Crippen LogP contribution < -0.4 is 9.46 Å². The van der Waals surface area contributed by atoms with Crippen molar-refractivity contribution in [3.8, 4) is 5.75 Å². The van der Waals surface area contributed by atoms with Crippen molar-refractivity contribution in [1.29, 1.82) is 0 Å². The van der Waals surface area contributed by atoms with Crippen LogP contribution in [0.5, 0.6) is 5.75 Å². The number of likely N-dealkylation sites (tertiary alicyclic amines) is 1. The van der Waals surface area contributed by atoms with Crippen LogP contribution in [0.1, 0.15) is 43.2 Å². The number of carbonyl (C=O) groups is 1. The topological polar surface area (TPSA) is 75.7 Å². The second-order valence-electron chi connectivity index (χ2n) is 8.73. The third-order valence-corrected chi connectivity index (χ3v) is 7.92. The molecule has 1 saturated heterocycles. The lowest BCUT2D eigenvalue weighted by molar-refractivity contribution is -0.132. The molecule has 7 heteroatoms. The van der Waals surface area contributed by atoms with Gasteiger partial charge in [0.25, 0.3) is 0 Å². The molecule has 0 unspecified atom stereocenters. The number of hydrogen-bond acceptors (Lipinski definition) is 4. The molecule has 0 saturated carbocycles. The van der Waals surface area contributed by atoms with Gasteiger partial charge in [0.05, 0.1) is 11.5 Å². The number of hydrogen-bond donors (Lipinski definition) is 1. The minimum absolute atomic E-state index is 0.000527. The minimum Gasteiger partial charge on any atom is -0.493 e. The maximum absolute atomic E-state index is 12.7. The predicted octanol–water partition coefficient (Wildman–Crippen LogP) is 3.55. The van der Waals surface area contributed by atoms with E-state index in [1.165, 1.54) is 5.56 Å². The zero-order valence-corrected chi connectivity index (χ0v) is 19.3. The van der Waals surface area contributed by atoms with Crippen LogP contribution in [0, 0.1) is 5.92 Å². The summed E-state index contributed by atoms with van der Waals surface area (Å²) in [5.41, 5.74) is 2.39. The largest absolute Gasteiger partial charge is 0.493 e. The Hall–Kier alpha value is -2.38. The van der Waals surface area contributed by atoms with Crippen LogP contribution in [0.25, 0.3) is 0 Å². The molecule has 172 valence electrons. The van der Waals surface area contributed by atoms with Gasteiger partial charge in [0, 0.05) is 26.1 Å². The van der Waals surface area contributed by atoms with Crippen molar-refractivity contribution >= 4 is 15.9 Å². The molecule has 0 atom stereocenters. The average Bonchev–Trinajstić information content (AvgIpc) is 2.83. The lowest BCUT2D eigenvalue weighted by Crippen LogP contribution is -2.41. The second kappa shape index (κ2) is 10.5. The number of benzene rings is 2. The molecule has 0 spiro atoms. The van der Waals surface area contributed by atoms with Gasteiger partial charge in [-0.2, -0.15) is 0 Å². The first-order chi connectivity index (χ1) is 15.5. The Morgan fingerprint density at radius 1 is 1.00 bits per heavy atom. The molecule has 2 aromatic rings. The van der Waals surface area contributed by atoms with E-state index in [1.54, 1.807) is 12.1 Å². The summed E-state index contributed by atoms with van der Waals surface area (Å²) < 4.78 is 33.8. The van der Waals surface area contributed by atoms with E-state index in [2.05, 4.69) is 4.72 Å². The van der Waals surface area contributed by atoms with E-state index < -0.39 is 10.0 Å². The van der Waals surface area contributed by atoms with Crippen LogP contribution >= 0.6 is 0 Å². The first-order valence-corrected chi connectivity index (χ1v) is 13.1. The molecular formula is C25H32N2O4S. The van der Waals surface area contributed by atoms with Crippen molar-refractivity contribution in [3.05, 3.63) is 59.7 Å². The smallest absolute Gasteiger partial charge is 0.240 e. The predicted molar refractivity (Wildman–Crippen MR) is 124 cm³/mol. The number of piperidine rings is 1. The molecule has 1 aliphatic heterocycles. The minimum atomic E-state index is -3.60. The second-order valence-corrected chi connectivity index (χ2v) is 10.5. The summed E-state index contributed by atoms with van der Waals surface area (Å²) in [6.45, 7) is 2.17. The van der Waals surface area contributed by atoms with Crippen molar-refractivity contribution < 1.29 is 17.9 Å². The van der Waals surface area contributed by atoms with Crippen molar-refractivity contribution in [1.82, 2.24) is 9.62 Å². The van der Waals surface area contributed by atoms with Gasteiger partial charge in [0.2, 0.25) is 15.9 Å². The molecule has 32 heavy (non-hydrogen) atoms. The number of amides is 1. The first-order valence-electron chi connectivity index (χ1n) is 11.6. The molecule has 1 amide bonds. The fourth-order valence-electron chi connectivity index (χ4n) is 4.49. The zero-order chi connectivity index (χ0) is 22.4. The highest BCUT2D eigenvalue weighted by molar-refractivity contribution is 7.89. The third-order valence-electron chi connectivity index (χ3n) is 6.46. The Balaban J connectivity index is 1.20. The van der Waals surface area contributed by atoms with Crippen LogP contribution in [-0.4, -0.2) is 45.5 Å². The molecule has 0 aromatic heterocycles. The number of ether oxygens (including phenoxy) is 1. The van der Waals surface area contributed by atoms with E-state index >= 15 is 0 Å². The molecular weight excluding hydrogens is 424 g/mol. The van der Waals surface area contributed by atoms with Gasteiger partial charge in [-0.1, -0.05) is 24.3 Å². The van der Waals surface area contributed by atoms with Gasteiger partial charge in [0.1, 0.15) is 5.75 Å². The lowest BCUT2D eigenvalue weighted by Gasteiger charge is -2.32. The highest BCUT2D eigenvalue weighted by atomic mass is 32.2. The molecule has 6 nitrogen and oxygen atoms in total. The van der Waals surface area contributed by atoms with Gasteiger partial charge < -0.3 is 9.64 Å². The molecule has 1 heterocycles. The van der Waals surface area contributed by atoms with Gasteiger partial charge in [-0.3, -0.25) is 4.79 Å². The number of para-hydroxylation sites is 1. The Kier molecular flexibility index (Phi) is 7.48. The summed E-state index contributed by atoms with van der Waals surface area (Å²) in [5, 5.41) is 0. The van der Waals surface area contributed by atoms with Crippen molar-refractivity contribution in [2.24, 2.45) is 5.92 Å². The highest BCUT2D eigenvalue weighted by Crippen LogP contribution is 2.24. The Morgan fingerprint density at radius 3 is 2.47 bits per heavy atom. The number of sulfonamides is 1. The summed E-state index contributed by atoms with van der Waals surface area (Å²) in [6.07, 6.45) is 6.20. The Labute approximate surface area is 191 Å². The van der Waals surface area contributed by atoms with Crippen LogP contribution in [0.2, 0.25) is 0 Å². The van der Waals surface area contributed by atoms with E-state index in [4.69, 9.17) is 4.74 Å². The molecule has 2 aromatic carbocycles. The highest BCUT2D eigenvalue weighted by Gasteiger charge is 2.24. The van der Waals surface area contributed by atoms with E-state index in [-0.39, 0.29) is 18.9 Å². The molecule has 1 N–H and O–H groups in total. The fraction of sp³-hybridized carbons (Fsp3) is 0.480. The van der Waals surface area contributed by atoms with Crippen LogP contribution in [-0.2, 0) is 27.7 Å². The number of aryl methyl sites for hydroxylation is 2. The van der Waals surface area contributed by atoms with E-state index in [1.807, 2.05) is 41.3 Å². The maximum Gasteiger partial charge on any atom is 0.240 e. The fourth-order valence-corrected chi connectivity index (χ4v) is 5.57. The van der Waals surface area contributed by atoms with Gasteiger partial charge in [-0.15, -0.1) is 0 Å². The summed E-state index contributed by atoms with van der Waals surface area (Å²) in [4.78, 5) is 14.7. The molecule has 0 radical (unpaired) electrons. The summed E-state index contributed by atoms with van der Waals surface area (Å²) in [6, 6.07) is 15.2. The Bertz CT molecular complexity index is 1020. The van der Waals surface area contributed by atoms with Crippen LogP contribution in [0.15, 0.2) is 53.4 Å². The number of nitrogens with one attached hydrogen (secondary N) is 1. The third kappa shape index (κ3) is 5.90. The maximum atomic E-state index is 12.7. The standard InChI is InChI=1S/C25H32N2O4S/c28-25(27-16-13-20(14-17-27)19-31-23-8-2-1-3-9-23)12-15-26-32(29,30)24-11-10-21-6-4-5-7-22(21)18-24/h1-3,8-11,18,20,26H,4-7,12-17,19H2. The number of fused-ring (bicyclic) bond motifs is 1. The van der Waals surface area contributed by atoms with Crippen LogP contribution in [0.4, 0.5) is 0 Å². The quantitative estimate of drug-likeness (QED) is 0.659. The normalized spacial score (nSPS) is 17.1. The number of carbonyl (C=O) groups excluding carboxylic acids is 1. The Morgan fingerprint density at radius 2 is 1.72 bits per heavy atom.